The van der Waals surface area contributed by atoms with Crippen LogP contribution in [-0.4, -0.2) is 40.2 Å². The standard InChI is InChI=1S/C19H20N6O2S/c26-19(25-16-12-28-18(23-16)13-6-9-20-10-7-13)24-15-4-1-5-17(22-15)27-11-14-3-2-8-21-14/h1,4-7,9-10,12,14,21H,2-3,8,11H2,(H2,22,24,25,26)/t14-/m1/s1. The lowest BCUT2D eigenvalue weighted by atomic mass is 10.2. The molecule has 1 atom stereocenters. The van der Waals surface area contributed by atoms with Crippen LogP contribution >= 0.6 is 11.3 Å². The van der Waals surface area contributed by atoms with Gasteiger partial charge in [-0.25, -0.2) is 9.78 Å². The van der Waals surface area contributed by atoms with Crippen molar-refractivity contribution in [2.75, 3.05) is 23.8 Å². The number of pyridine rings is 2. The Bertz CT molecular complexity index is 927. The third-order valence-corrected chi connectivity index (χ3v) is 5.12. The fraction of sp³-hybridized carbons (Fsp3) is 0.263. The average molecular weight is 396 g/mol. The maximum Gasteiger partial charge on any atom is 0.326 e. The van der Waals surface area contributed by atoms with Gasteiger partial charge in [-0.3, -0.25) is 15.6 Å². The summed E-state index contributed by atoms with van der Waals surface area (Å²) in [6.45, 7) is 1.60. The third kappa shape index (κ3) is 4.81. The van der Waals surface area contributed by atoms with E-state index in [0.29, 0.717) is 30.2 Å². The van der Waals surface area contributed by atoms with Crippen LogP contribution in [0.1, 0.15) is 12.8 Å². The van der Waals surface area contributed by atoms with E-state index in [1.807, 2.05) is 12.1 Å². The molecule has 2 amide bonds. The lowest BCUT2D eigenvalue weighted by molar-refractivity contribution is 0.261. The van der Waals surface area contributed by atoms with Crippen molar-refractivity contribution in [3.05, 3.63) is 48.1 Å². The number of aromatic nitrogens is 3. The topological polar surface area (TPSA) is 101 Å². The van der Waals surface area contributed by atoms with Crippen molar-refractivity contribution in [2.24, 2.45) is 0 Å². The van der Waals surface area contributed by atoms with Gasteiger partial charge >= 0.3 is 6.03 Å². The summed E-state index contributed by atoms with van der Waals surface area (Å²) in [5.74, 6) is 1.38. The number of amides is 2. The van der Waals surface area contributed by atoms with E-state index in [1.54, 1.807) is 36.0 Å². The number of urea groups is 1. The predicted octanol–water partition coefficient (Wildman–Crippen LogP) is 3.37. The number of rotatable bonds is 6. The summed E-state index contributed by atoms with van der Waals surface area (Å²) in [6, 6.07) is 8.99. The van der Waals surface area contributed by atoms with Gasteiger partial charge in [0, 0.05) is 35.4 Å². The molecule has 0 aliphatic carbocycles. The summed E-state index contributed by atoms with van der Waals surface area (Å²) in [5, 5.41) is 11.4. The average Bonchev–Trinajstić information content (AvgIpc) is 3.39. The summed E-state index contributed by atoms with van der Waals surface area (Å²) in [7, 11) is 0. The van der Waals surface area contributed by atoms with E-state index in [-0.39, 0.29) is 0 Å². The Morgan fingerprint density at radius 2 is 2.04 bits per heavy atom. The Kier molecular flexibility index (Phi) is 5.74. The zero-order valence-electron chi connectivity index (χ0n) is 15.1. The third-order valence-electron chi connectivity index (χ3n) is 4.23. The van der Waals surface area contributed by atoms with Gasteiger partial charge in [0.15, 0.2) is 0 Å². The molecule has 1 saturated heterocycles. The highest BCUT2D eigenvalue weighted by Crippen LogP contribution is 2.25. The molecular weight excluding hydrogens is 376 g/mol. The number of carbonyl (C=O) groups excluding carboxylic acids is 1. The SMILES string of the molecule is O=C(Nc1cccc(OC[C@H]2CCCN2)n1)Nc1csc(-c2ccncc2)n1. The van der Waals surface area contributed by atoms with Crippen molar-refractivity contribution in [2.45, 2.75) is 18.9 Å². The second kappa shape index (κ2) is 8.77. The second-order valence-electron chi connectivity index (χ2n) is 6.32. The van der Waals surface area contributed by atoms with Crippen LogP contribution in [0.3, 0.4) is 0 Å². The minimum absolute atomic E-state index is 0.362. The fourth-order valence-corrected chi connectivity index (χ4v) is 3.63. The van der Waals surface area contributed by atoms with Crippen molar-refractivity contribution < 1.29 is 9.53 Å². The molecule has 3 aromatic rings. The highest BCUT2D eigenvalue weighted by Gasteiger charge is 2.15. The molecule has 3 aromatic heterocycles. The van der Waals surface area contributed by atoms with Gasteiger partial charge in [-0.05, 0) is 37.6 Å². The summed E-state index contributed by atoms with van der Waals surface area (Å²) in [6.07, 6.45) is 5.69. The molecule has 8 nitrogen and oxygen atoms in total. The smallest absolute Gasteiger partial charge is 0.326 e. The second-order valence-corrected chi connectivity index (χ2v) is 7.18. The Labute approximate surface area is 166 Å². The first-order chi connectivity index (χ1) is 13.8. The van der Waals surface area contributed by atoms with Crippen molar-refractivity contribution >= 4 is 29.0 Å². The van der Waals surface area contributed by atoms with Crippen molar-refractivity contribution in [3.8, 4) is 16.5 Å². The highest BCUT2D eigenvalue weighted by molar-refractivity contribution is 7.13. The van der Waals surface area contributed by atoms with E-state index >= 15 is 0 Å². The Hall–Kier alpha value is -3.04. The van der Waals surface area contributed by atoms with Gasteiger partial charge in [0.25, 0.3) is 0 Å². The highest BCUT2D eigenvalue weighted by atomic mass is 32.1. The van der Waals surface area contributed by atoms with E-state index in [0.717, 1.165) is 23.5 Å². The maximum absolute atomic E-state index is 12.2. The van der Waals surface area contributed by atoms with E-state index in [2.05, 4.69) is 30.9 Å². The number of carbonyl (C=O) groups is 1. The van der Waals surface area contributed by atoms with Crippen LogP contribution in [-0.2, 0) is 0 Å². The van der Waals surface area contributed by atoms with E-state index < -0.39 is 6.03 Å². The molecule has 1 aliphatic rings. The quantitative estimate of drug-likeness (QED) is 0.591. The maximum atomic E-state index is 12.2. The van der Waals surface area contributed by atoms with Gasteiger partial charge in [-0.1, -0.05) is 6.07 Å². The molecule has 0 spiro atoms. The molecule has 144 valence electrons. The molecule has 9 heteroatoms. The number of hydrogen-bond acceptors (Lipinski definition) is 7. The van der Waals surface area contributed by atoms with Gasteiger partial charge in [0.05, 0.1) is 0 Å². The first-order valence-corrected chi connectivity index (χ1v) is 9.91. The molecule has 28 heavy (non-hydrogen) atoms. The first kappa shape index (κ1) is 18.3. The van der Waals surface area contributed by atoms with Gasteiger partial charge < -0.3 is 10.1 Å². The van der Waals surface area contributed by atoms with Crippen LogP contribution < -0.4 is 20.7 Å². The molecule has 0 aromatic carbocycles. The molecular formula is C19H20N6O2S. The Morgan fingerprint density at radius 3 is 2.86 bits per heavy atom. The monoisotopic (exact) mass is 396 g/mol. The fourth-order valence-electron chi connectivity index (χ4n) is 2.87. The summed E-state index contributed by atoms with van der Waals surface area (Å²) >= 11 is 1.45. The molecule has 0 unspecified atom stereocenters. The van der Waals surface area contributed by atoms with Crippen LogP contribution in [0.2, 0.25) is 0 Å². The molecule has 4 rings (SSSR count). The van der Waals surface area contributed by atoms with Gasteiger partial charge in [-0.15, -0.1) is 11.3 Å². The van der Waals surface area contributed by atoms with Crippen LogP contribution in [0.5, 0.6) is 5.88 Å². The zero-order chi connectivity index (χ0) is 19.2. The van der Waals surface area contributed by atoms with Crippen LogP contribution in [0.25, 0.3) is 10.6 Å². The zero-order valence-corrected chi connectivity index (χ0v) is 15.9. The molecule has 4 heterocycles. The number of hydrogen-bond donors (Lipinski definition) is 3. The summed E-state index contributed by atoms with van der Waals surface area (Å²) in [5.41, 5.74) is 0.955. The number of anilines is 2. The molecule has 1 aliphatic heterocycles. The molecule has 3 N–H and O–H groups in total. The van der Waals surface area contributed by atoms with Gasteiger partial charge in [0.2, 0.25) is 5.88 Å². The summed E-state index contributed by atoms with van der Waals surface area (Å²) < 4.78 is 5.72. The van der Waals surface area contributed by atoms with Crippen molar-refractivity contribution in [1.82, 2.24) is 20.3 Å². The largest absolute Gasteiger partial charge is 0.476 e. The normalized spacial score (nSPS) is 15.9. The lowest BCUT2D eigenvalue weighted by Crippen LogP contribution is -2.28. The first-order valence-electron chi connectivity index (χ1n) is 9.03. The van der Waals surface area contributed by atoms with Crippen molar-refractivity contribution in [3.63, 3.8) is 0 Å². The Morgan fingerprint density at radius 1 is 1.18 bits per heavy atom. The van der Waals surface area contributed by atoms with Crippen LogP contribution in [0, 0.1) is 0 Å². The molecule has 0 saturated carbocycles. The van der Waals surface area contributed by atoms with Crippen LogP contribution in [0.4, 0.5) is 16.4 Å². The molecule has 1 fully saturated rings. The number of nitrogens with zero attached hydrogens (tertiary/aromatic N) is 3. The van der Waals surface area contributed by atoms with Crippen LogP contribution in [0.15, 0.2) is 48.1 Å². The van der Waals surface area contributed by atoms with Crippen molar-refractivity contribution in [1.29, 1.82) is 0 Å². The number of nitrogens with one attached hydrogen (secondary N) is 3. The minimum atomic E-state index is -0.409. The van der Waals surface area contributed by atoms with E-state index in [4.69, 9.17) is 4.74 Å². The predicted molar refractivity (Wildman–Crippen MR) is 109 cm³/mol. The number of ether oxygens (including phenoxy) is 1. The summed E-state index contributed by atoms with van der Waals surface area (Å²) in [4.78, 5) is 25.0. The molecule has 0 bridgehead atoms. The minimum Gasteiger partial charge on any atom is -0.476 e. The van der Waals surface area contributed by atoms with Gasteiger partial charge in [0.1, 0.15) is 23.3 Å². The van der Waals surface area contributed by atoms with E-state index in [1.165, 1.54) is 17.8 Å². The molecule has 0 radical (unpaired) electrons. The lowest BCUT2D eigenvalue weighted by Gasteiger charge is -2.12. The Balaban J connectivity index is 1.32. The number of thiazole rings is 1. The van der Waals surface area contributed by atoms with Gasteiger partial charge in [-0.2, -0.15) is 4.98 Å². The van der Waals surface area contributed by atoms with E-state index in [9.17, 15) is 4.79 Å².